The summed E-state index contributed by atoms with van der Waals surface area (Å²) in [6, 6.07) is 8.59. The Bertz CT molecular complexity index is 323. The van der Waals surface area contributed by atoms with Crippen LogP contribution in [0.15, 0.2) is 28.7 Å². The van der Waals surface area contributed by atoms with E-state index in [1.807, 2.05) is 12.1 Å². The standard InChI is InChI=1S/C9H9BrN2S/c10-7-3-1-6(2-4-7)8-5-11-9(13)12-8/h1-4,8H,5H2,(H2,11,12,13). The van der Waals surface area contributed by atoms with Gasteiger partial charge in [0.1, 0.15) is 0 Å². The Morgan fingerprint density at radius 1 is 1.31 bits per heavy atom. The van der Waals surface area contributed by atoms with Gasteiger partial charge < -0.3 is 10.6 Å². The van der Waals surface area contributed by atoms with Crippen molar-refractivity contribution in [2.45, 2.75) is 6.04 Å². The molecule has 1 aliphatic heterocycles. The molecule has 0 aromatic heterocycles. The molecule has 2 rings (SSSR count). The molecule has 1 saturated heterocycles. The minimum atomic E-state index is 0.320. The molecule has 0 aliphatic carbocycles. The predicted octanol–water partition coefficient (Wildman–Crippen LogP) is 1.97. The molecule has 13 heavy (non-hydrogen) atoms. The Hall–Kier alpha value is -0.610. The molecule has 0 amide bonds. The smallest absolute Gasteiger partial charge is 0.166 e. The first-order valence-electron chi connectivity index (χ1n) is 4.05. The van der Waals surface area contributed by atoms with Crippen molar-refractivity contribution in [3.8, 4) is 0 Å². The molecule has 0 saturated carbocycles. The number of rotatable bonds is 1. The lowest BCUT2D eigenvalue weighted by atomic mass is 10.1. The maximum absolute atomic E-state index is 4.99. The molecule has 2 N–H and O–H groups in total. The van der Waals surface area contributed by atoms with Gasteiger partial charge in [0.15, 0.2) is 5.11 Å². The van der Waals surface area contributed by atoms with Gasteiger partial charge in [-0.15, -0.1) is 0 Å². The van der Waals surface area contributed by atoms with Crippen molar-refractivity contribution in [2.24, 2.45) is 0 Å². The van der Waals surface area contributed by atoms with Crippen LogP contribution in [0.4, 0.5) is 0 Å². The fourth-order valence-electron chi connectivity index (χ4n) is 1.35. The van der Waals surface area contributed by atoms with Gasteiger partial charge >= 0.3 is 0 Å². The highest BCUT2D eigenvalue weighted by Crippen LogP contribution is 2.18. The molecule has 1 unspecified atom stereocenters. The largest absolute Gasteiger partial charge is 0.360 e. The average Bonchev–Trinajstić information content (AvgIpc) is 2.53. The van der Waals surface area contributed by atoms with Gasteiger partial charge in [0.25, 0.3) is 0 Å². The van der Waals surface area contributed by atoms with Crippen LogP contribution in [0.1, 0.15) is 11.6 Å². The summed E-state index contributed by atoms with van der Waals surface area (Å²) in [6.45, 7) is 0.875. The SMILES string of the molecule is S=C1NCC(c2ccc(Br)cc2)N1. The fraction of sp³-hybridized carbons (Fsp3) is 0.222. The lowest BCUT2D eigenvalue weighted by Gasteiger charge is -2.08. The third-order valence-corrected chi connectivity index (χ3v) is 2.84. The zero-order chi connectivity index (χ0) is 9.26. The molecule has 1 atom stereocenters. The molecule has 1 aliphatic rings. The number of halogens is 1. The van der Waals surface area contributed by atoms with Crippen molar-refractivity contribution in [2.75, 3.05) is 6.54 Å². The number of hydrogen-bond acceptors (Lipinski definition) is 1. The molecule has 0 spiro atoms. The summed E-state index contributed by atoms with van der Waals surface area (Å²) in [4.78, 5) is 0. The fourth-order valence-corrected chi connectivity index (χ4v) is 1.84. The Balaban J connectivity index is 2.17. The summed E-state index contributed by atoms with van der Waals surface area (Å²) in [5.74, 6) is 0. The normalized spacial score (nSPS) is 21.0. The first-order chi connectivity index (χ1) is 6.25. The molecule has 1 fully saturated rings. The van der Waals surface area contributed by atoms with Crippen LogP contribution in [-0.2, 0) is 0 Å². The van der Waals surface area contributed by atoms with E-state index in [4.69, 9.17) is 12.2 Å². The summed E-state index contributed by atoms with van der Waals surface area (Å²) < 4.78 is 1.10. The van der Waals surface area contributed by atoms with Crippen LogP contribution >= 0.6 is 28.1 Å². The molecule has 4 heteroatoms. The molecule has 1 aromatic rings. The molecule has 68 valence electrons. The highest BCUT2D eigenvalue weighted by molar-refractivity contribution is 9.10. The zero-order valence-corrected chi connectivity index (χ0v) is 9.28. The van der Waals surface area contributed by atoms with Gasteiger partial charge in [-0.3, -0.25) is 0 Å². The van der Waals surface area contributed by atoms with Crippen LogP contribution in [-0.4, -0.2) is 11.7 Å². The lowest BCUT2D eigenvalue weighted by Crippen LogP contribution is -2.21. The monoisotopic (exact) mass is 256 g/mol. The molecule has 2 nitrogen and oxygen atoms in total. The van der Waals surface area contributed by atoms with E-state index < -0.39 is 0 Å². The zero-order valence-electron chi connectivity index (χ0n) is 6.88. The third kappa shape index (κ3) is 2.00. The van der Waals surface area contributed by atoms with E-state index in [1.165, 1.54) is 5.56 Å². The van der Waals surface area contributed by atoms with Gasteiger partial charge in [-0.2, -0.15) is 0 Å². The predicted molar refractivity (Wildman–Crippen MR) is 60.6 cm³/mol. The Kier molecular flexibility index (Phi) is 2.51. The van der Waals surface area contributed by atoms with E-state index in [-0.39, 0.29) is 0 Å². The van der Waals surface area contributed by atoms with Crippen molar-refractivity contribution >= 4 is 33.3 Å². The van der Waals surface area contributed by atoms with Gasteiger partial charge in [0.2, 0.25) is 0 Å². The molecule has 1 heterocycles. The minimum absolute atomic E-state index is 0.320. The minimum Gasteiger partial charge on any atom is -0.360 e. The van der Waals surface area contributed by atoms with Crippen molar-refractivity contribution < 1.29 is 0 Å². The first kappa shape index (κ1) is 8.97. The summed E-state index contributed by atoms with van der Waals surface area (Å²) >= 11 is 8.39. The van der Waals surface area contributed by atoms with E-state index in [0.717, 1.165) is 16.1 Å². The van der Waals surface area contributed by atoms with Crippen LogP contribution in [0.25, 0.3) is 0 Å². The maximum atomic E-state index is 4.99. The van der Waals surface area contributed by atoms with E-state index in [0.29, 0.717) is 6.04 Å². The Morgan fingerprint density at radius 3 is 2.54 bits per heavy atom. The summed E-state index contributed by atoms with van der Waals surface area (Å²) in [7, 11) is 0. The molecular weight excluding hydrogens is 248 g/mol. The molecule has 1 aromatic carbocycles. The van der Waals surface area contributed by atoms with Crippen LogP contribution in [0, 0.1) is 0 Å². The van der Waals surface area contributed by atoms with Crippen molar-refractivity contribution in [1.82, 2.24) is 10.6 Å². The van der Waals surface area contributed by atoms with Crippen LogP contribution in [0.2, 0.25) is 0 Å². The number of thiocarbonyl (C=S) groups is 1. The number of benzene rings is 1. The van der Waals surface area contributed by atoms with Gasteiger partial charge in [0, 0.05) is 11.0 Å². The molecule has 0 radical (unpaired) electrons. The van der Waals surface area contributed by atoms with Gasteiger partial charge in [-0.05, 0) is 29.9 Å². The Labute approximate surface area is 90.8 Å². The van der Waals surface area contributed by atoms with Gasteiger partial charge in [-0.1, -0.05) is 28.1 Å². The first-order valence-corrected chi connectivity index (χ1v) is 5.25. The quantitative estimate of drug-likeness (QED) is 0.752. The number of hydrogen-bond donors (Lipinski definition) is 2. The van der Waals surface area contributed by atoms with E-state index >= 15 is 0 Å². The second-order valence-electron chi connectivity index (χ2n) is 2.96. The van der Waals surface area contributed by atoms with Crippen molar-refractivity contribution in [3.63, 3.8) is 0 Å². The van der Waals surface area contributed by atoms with Crippen LogP contribution < -0.4 is 10.6 Å². The van der Waals surface area contributed by atoms with Crippen LogP contribution in [0.3, 0.4) is 0 Å². The molecular formula is C9H9BrN2S. The second-order valence-corrected chi connectivity index (χ2v) is 4.28. The Morgan fingerprint density at radius 2 is 2.00 bits per heavy atom. The topological polar surface area (TPSA) is 24.1 Å². The highest BCUT2D eigenvalue weighted by atomic mass is 79.9. The summed E-state index contributed by atoms with van der Waals surface area (Å²) in [5, 5.41) is 7.03. The number of nitrogens with one attached hydrogen (secondary N) is 2. The van der Waals surface area contributed by atoms with Crippen LogP contribution in [0.5, 0.6) is 0 Å². The summed E-state index contributed by atoms with van der Waals surface area (Å²) in [5.41, 5.74) is 1.26. The van der Waals surface area contributed by atoms with E-state index in [9.17, 15) is 0 Å². The maximum Gasteiger partial charge on any atom is 0.166 e. The third-order valence-electron chi connectivity index (χ3n) is 2.04. The lowest BCUT2D eigenvalue weighted by molar-refractivity contribution is 0.707. The summed E-state index contributed by atoms with van der Waals surface area (Å²) in [6.07, 6.45) is 0. The highest BCUT2D eigenvalue weighted by Gasteiger charge is 2.18. The van der Waals surface area contributed by atoms with E-state index in [1.54, 1.807) is 0 Å². The van der Waals surface area contributed by atoms with Crippen molar-refractivity contribution in [1.29, 1.82) is 0 Å². The van der Waals surface area contributed by atoms with E-state index in [2.05, 4.69) is 38.7 Å². The second kappa shape index (κ2) is 3.64. The van der Waals surface area contributed by atoms with Gasteiger partial charge in [0.05, 0.1) is 6.04 Å². The van der Waals surface area contributed by atoms with Gasteiger partial charge in [-0.25, -0.2) is 0 Å². The average molecular weight is 257 g/mol. The van der Waals surface area contributed by atoms with Crippen molar-refractivity contribution in [3.05, 3.63) is 34.3 Å². The molecule has 0 bridgehead atoms.